The van der Waals surface area contributed by atoms with E-state index < -0.39 is 24.3 Å². The molecule has 6 rings (SSSR count). The first kappa shape index (κ1) is 42.9. The number of hydrogen-bond donors (Lipinski definition) is 4. The Morgan fingerprint density at radius 3 is 1.92 bits per heavy atom. The van der Waals surface area contributed by atoms with Gasteiger partial charge < -0.3 is 44.6 Å². The molecular formula is C45H52N8O7. The second-order valence-electron chi connectivity index (χ2n) is 15.4. The van der Waals surface area contributed by atoms with E-state index in [1.165, 1.54) is 14.2 Å². The first-order valence-electron chi connectivity index (χ1n) is 20.2. The smallest absolute Gasteiger partial charge is 0.407 e. The molecule has 0 saturated carbocycles. The average molecular weight is 817 g/mol. The zero-order valence-corrected chi connectivity index (χ0v) is 34.8. The number of likely N-dealkylation sites (tertiary alicyclic amines) is 2. The predicted molar refractivity (Wildman–Crippen MR) is 223 cm³/mol. The second-order valence-corrected chi connectivity index (χ2v) is 15.4. The molecule has 15 heteroatoms. The van der Waals surface area contributed by atoms with Crippen LogP contribution in [-0.2, 0) is 25.7 Å². The summed E-state index contributed by atoms with van der Waals surface area (Å²) >= 11 is 0. The first-order chi connectivity index (χ1) is 29.0. The number of amides is 4. The lowest BCUT2D eigenvalue weighted by Crippen LogP contribution is -2.51. The standard InChI is InChI=1S/C45H52N8O7/c1-28(2)38(50-44(56)58-5)42(54)52-22-12-18-35(52)40-46-25-33(48-40)17-11-10-16-31-20-21-32(24-37(31)60-27-30-14-8-7-9-15-30)34-26-47-41(49-34)36-19-13-23-53(36)43(55)39(29(3)4)51-45(57)59-6/h7-9,14-15,20-21,24-26,28-29,35-36,38-39H,12-13,18-19,22-23,27H2,1-6H3,(H,46,48)(H,47,49)(H,50,56)(H,51,57)/t35?,36?,38?,39-/m0/s1. The quantitative estimate of drug-likeness (QED) is 0.127. The van der Waals surface area contributed by atoms with Crippen LogP contribution in [-0.4, -0.2) is 93.1 Å². The lowest BCUT2D eigenvalue weighted by atomic mass is 10.0. The number of carbonyl (C=O) groups is 4. The van der Waals surface area contributed by atoms with E-state index in [4.69, 9.17) is 19.2 Å². The normalized spacial score (nSPS) is 16.9. The van der Waals surface area contributed by atoms with Crippen LogP contribution >= 0.6 is 0 Å². The summed E-state index contributed by atoms with van der Waals surface area (Å²) in [6, 6.07) is 13.5. The number of nitrogens with one attached hydrogen (secondary N) is 4. The molecule has 0 spiro atoms. The Morgan fingerprint density at radius 2 is 1.33 bits per heavy atom. The molecular weight excluding hydrogens is 765 g/mol. The highest BCUT2D eigenvalue weighted by atomic mass is 16.5. The SMILES string of the molecule is COC(=O)NC(C(=O)N1CCCC1c1ncc(C#CC#Cc2ccc(-c3cnc(C4CCCN4C(=O)[C@@H](NC(=O)OC)C(C)C)[nH]3)cc2OCc2ccccc2)[nH]1)C(C)C. The number of aromatic amines is 2. The largest absolute Gasteiger partial charge is 0.488 e. The highest BCUT2D eigenvalue weighted by Crippen LogP contribution is 2.34. The van der Waals surface area contributed by atoms with Crippen LogP contribution in [0, 0.1) is 35.5 Å². The summed E-state index contributed by atoms with van der Waals surface area (Å²) in [5, 5.41) is 5.36. The van der Waals surface area contributed by atoms with Gasteiger partial charge in [0, 0.05) is 18.7 Å². The number of aromatic nitrogens is 4. The number of methoxy groups -OCH3 is 2. The number of alkyl carbamates (subject to hydrolysis) is 2. The van der Waals surface area contributed by atoms with Crippen LogP contribution in [0.3, 0.4) is 0 Å². The molecule has 4 amide bonds. The topological polar surface area (TPSA) is 184 Å². The molecule has 4 N–H and O–H groups in total. The summed E-state index contributed by atoms with van der Waals surface area (Å²) in [6.07, 6.45) is 5.15. The Morgan fingerprint density at radius 1 is 0.767 bits per heavy atom. The van der Waals surface area contributed by atoms with Gasteiger partial charge in [0.15, 0.2) is 0 Å². The summed E-state index contributed by atoms with van der Waals surface area (Å²) in [5.74, 6) is 13.2. The number of hydrogen-bond acceptors (Lipinski definition) is 9. The van der Waals surface area contributed by atoms with Crippen LogP contribution in [0.15, 0.2) is 60.9 Å². The van der Waals surface area contributed by atoms with Crippen molar-refractivity contribution in [2.45, 2.75) is 84.2 Å². The Hall–Kier alpha value is -6.74. The fraction of sp³-hybridized carbons (Fsp3) is 0.422. The van der Waals surface area contributed by atoms with Crippen molar-refractivity contribution in [3.63, 3.8) is 0 Å². The zero-order valence-electron chi connectivity index (χ0n) is 34.8. The van der Waals surface area contributed by atoms with E-state index in [-0.39, 0.29) is 35.7 Å². The van der Waals surface area contributed by atoms with Crippen molar-refractivity contribution in [2.75, 3.05) is 27.3 Å². The minimum Gasteiger partial charge on any atom is -0.488 e. The Kier molecular flexibility index (Phi) is 14.1. The molecule has 0 bridgehead atoms. The maximum atomic E-state index is 13.7. The molecule has 4 atom stereocenters. The average Bonchev–Trinajstić information content (AvgIpc) is 4.10. The molecule has 60 heavy (non-hydrogen) atoms. The van der Waals surface area contributed by atoms with Crippen molar-refractivity contribution < 1.29 is 33.4 Å². The number of carbonyl (C=O) groups excluding carboxylic acids is 4. The number of rotatable bonds is 12. The molecule has 314 valence electrons. The van der Waals surface area contributed by atoms with Crippen LogP contribution in [0.2, 0.25) is 0 Å². The van der Waals surface area contributed by atoms with Gasteiger partial charge in [-0.2, -0.15) is 0 Å². The molecule has 4 aromatic rings. The predicted octanol–water partition coefficient (Wildman–Crippen LogP) is 5.87. The third-order valence-electron chi connectivity index (χ3n) is 10.7. The van der Waals surface area contributed by atoms with Gasteiger partial charge in [0.2, 0.25) is 11.8 Å². The van der Waals surface area contributed by atoms with Gasteiger partial charge in [0.1, 0.15) is 41.8 Å². The second kappa shape index (κ2) is 19.8. The third kappa shape index (κ3) is 10.3. The summed E-state index contributed by atoms with van der Waals surface area (Å²) in [7, 11) is 2.55. The van der Waals surface area contributed by atoms with Gasteiger partial charge in [-0.05, 0) is 78.9 Å². The highest BCUT2D eigenvalue weighted by molar-refractivity contribution is 5.87. The van der Waals surface area contributed by atoms with Crippen molar-refractivity contribution in [3.8, 4) is 40.7 Å². The summed E-state index contributed by atoms with van der Waals surface area (Å²) < 4.78 is 15.8. The van der Waals surface area contributed by atoms with E-state index in [2.05, 4.69) is 49.3 Å². The molecule has 0 aliphatic carbocycles. The van der Waals surface area contributed by atoms with E-state index in [1.54, 1.807) is 22.2 Å². The monoisotopic (exact) mass is 816 g/mol. The van der Waals surface area contributed by atoms with E-state index >= 15 is 0 Å². The van der Waals surface area contributed by atoms with Gasteiger partial charge in [-0.15, -0.1) is 0 Å². The number of benzene rings is 2. The minimum absolute atomic E-state index is 0.136. The lowest BCUT2D eigenvalue weighted by Gasteiger charge is -2.30. The molecule has 2 aliphatic rings. The van der Waals surface area contributed by atoms with Crippen LogP contribution < -0.4 is 15.4 Å². The molecule has 2 saturated heterocycles. The maximum absolute atomic E-state index is 13.7. The Bertz CT molecular complexity index is 2280. The highest BCUT2D eigenvalue weighted by Gasteiger charge is 2.39. The first-order valence-corrected chi connectivity index (χ1v) is 20.2. The number of nitrogens with zero attached hydrogens (tertiary/aromatic N) is 4. The van der Waals surface area contributed by atoms with Crippen molar-refractivity contribution >= 4 is 24.0 Å². The fourth-order valence-corrected chi connectivity index (χ4v) is 7.45. The molecule has 0 radical (unpaired) electrons. The van der Waals surface area contributed by atoms with E-state index in [9.17, 15) is 19.2 Å². The van der Waals surface area contributed by atoms with Gasteiger partial charge in [0.05, 0.1) is 50.0 Å². The number of H-pyrrole nitrogens is 2. The third-order valence-corrected chi connectivity index (χ3v) is 10.7. The van der Waals surface area contributed by atoms with Crippen LogP contribution in [0.1, 0.15) is 93.9 Å². The molecule has 2 fully saturated rings. The number of imidazole rings is 2. The van der Waals surface area contributed by atoms with E-state index in [1.807, 2.05) is 76.2 Å². The van der Waals surface area contributed by atoms with Crippen molar-refractivity contribution in [1.82, 2.24) is 40.4 Å². The van der Waals surface area contributed by atoms with Crippen LogP contribution in [0.25, 0.3) is 11.3 Å². The fourth-order valence-electron chi connectivity index (χ4n) is 7.45. The van der Waals surface area contributed by atoms with Gasteiger partial charge in [-0.25, -0.2) is 19.6 Å². The molecule has 4 heterocycles. The Labute approximate surface area is 350 Å². The van der Waals surface area contributed by atoms with Gasteiger partial charge >= 0.3 is 12.2 Å². The summed E-state index contributed by atoms with van der Waals surface area (Å²) in [5.41, 5.74) is 3.76. The molecule has 2 aromatic heterocycles. The van der Waals surface area contributed by atoms with Gasteiger partial charge in [-0.1, -0.05) is 64.1 Å². The van der Waals surface area contributed by atoms with E-state index in [0.29, 0.717) is 48.4 Å². The molecule has 2 aliphatic heterocycles. The van der Waals surface area contributed by atoms with E-state index in [0.717, 1.165) is 42.5 Å². The molecule has 3 unspecified atom stereocenters. The van der Waals surface area contributed by atoms with Crippen LogP contribution in [0.5, 0.6) is 5.75 Å². The van der Waals surface area contributed by atoms with Gasteiger partial charge in [0.25, 0.3) is 0 Å². The summed E-state index contributed by atoms with van der Waals surface area (Å²) in [4.78, 5) is 70.6. The minimum atomic E-state index is -0.728. The lowest BCUT2D eigenvalue weighted by molar-refractivity contribution is -0.136. The number of ether oxygens (including phenoxy) is 3. The zero-order chi connectivity index (χ0) is 42.8. The Balaban J connectivity index is 1.19. The van der Waals surface area contributed by atoms with Crippen molar-refractivity contribution in [1.29, 1.82) is 0 Å². The molecule has 15 nitrogen and oxygen atoms in total. The molecule has 2 aromatic carbocycles. The maximum Gasteiger partial charge on any atom is 0.407 e. The van der Waals surface area contributed by atoms with Gasteiger partial charge in [-0.3, -0.25) is 9.59 Å². The summed E-state index contributed by atoms with van der Waals surface area (Å²) in [6.45, 7) is 8.95. The van der Waals surface area contributed by atoms with Crippen LogP contribution in [0.4, 0.5) is 9.59 Å². The van der Waals surface area contributed by atoms with Crippen molar-refractivity contribution in [2.24, 2.45) is 11.8 Å². The van der Waals surface area contributed by atoms with Crippen molar-refractivity contribution in [3.05, 3.63) is 89.4 Å².